The minimum Gasteiger partial charge on any atom is -0.342 e. The zero-order valence-electron chi connectivity index (χ0n) is 14.7. The molecule has 3 atom stereocenters. The standard InChI is InChI=1S/C17H28F3N3O2/c1-2-22(11-17(18,19)20)15(24)13-6-4-8-23(10-13)16(25)14-7-3-5-12(14)9-21/h12-14H,2-11,21H2,1H3/t12-,13?,14-/m1/s1. The number of piperidine rings is 1. The van der Waals surface area contributed by atoms with Crippen molar-refractivity contribution in [1.29, 1.82) is 0 Å². The van der Waals surface area contributed by atoms with Gasteiger partial charge in [-0.3, -0.25) is 9.59 Å². The first-order chi connectivity index (χ1) is 11.8. The van der Waals surface area contributed by atoms with Crippen LogP contribution in [0.15, 0.2) is 0 Å². The van der Waals surface area contributed by atoms with Crippen molar-refractivity contribution in [2.24, 2.45) is 23.5 Å². The SMILES string of the molecule is CCN(CC(F)(F)F)C(=O)C1CCCN(C(=O)[C@@H]2CCC[C@@H]2CN)C1. The lowest BCUT2D eigenvalue weighted by atomic mass is 9.91. The summed E-state index contributed by atoms with van der Waals surface area (Å²) in [6.45, 7) is 1.59. The number of amides is 2. The Hall–Kier alpha value is -1.31. The van der Waals surface area contributed by atoms with E-state index in [0.29, 0.717) is 25.9 Å². The molecule has 2 fully saturated rings. The lowest BCUT2D eigenvalue weighted by molar-refractivity contribution is -0.165. The molecule has 1 heterocycles. The monoisotopic (exact) mass is 363 g/mol. The van der Waals surface area contributed by atoms with Gasteiger partial charge in [-0.25, -0.2) is 0 Å². The zero-order chi connectivity index (χ0) is 18.6. The van der Waals surface area contributed by atoms with Gasteiger partial charge in [0, 0.05) is 25.6 Å². The lowest BCUT2D eigenvalue weighted by Gasteiger charge is -2.36. The first-order valence-corrected chi connectivity index (χ1v) is 9.11. The average molecular weight is 363 g/mol. The summed E-state index contributed by atoms with van der Waals surface area (Å²) in [7, 11) is 0. The molecule has 0 aromatic rings. The number of nitrogens with zero attached hydrogens (tertiary/aromatic N) is 2. The molecule has 0 radical (unpaired) electrons. The molecule has 8 heteroatoms. The Balaban J connectivity index is 1.99. The first kappa shape index (κ1) is 20.0. The fourth-order valence-electron chi connectivity index (χ4n) is 4.08. The normalized spacial score (nSPS) is 27.4. The topological polar surface area (TPSA) is 66.6 Å². The third-order valence-corrected chi connectivity index (χ3v) is 5.42. The van der Waals surface area contributed by atoms with Crippen LogP contribution in [0.1, 0.15) is 39.0 Å². The summed E-state index contributed by atoms with van der Waals surface area (Å²) in [4.78, 5) is 27.8. The molecule has 144 valence electrons. The van der Waals surface area contributed by atoms with Crippen LogP contribution in [0.5, 0.6) is 0 Å². The van der Waals surface area contributed by atoms with Gasteiger partial charge in [-0.2, -0.15) is 13.2 Å². The van der Waals surface area contributed by atoms with Crippen molar-refractivity contribution < 1.29 is 22.8 Å². The molecular formula is C17H28F3N3O2. The summed E-state index contributed by atoms with van der Waals surface area (Å²) < 4.78 is 37.9. The van der Waals surface area contributed by atoms with E-state index in [1.807, 2.05) is 0 Å². The van der Waals surface area contributed by atoms with Crippen molar-refractivity contribution in [3.8, 4) is 0 Å². The maximum absolute atomic E-state index is 12.8. The van der Waals surface area contributed by atoms with E-state index in [-0.39, 0.29) is 30.8 Å². The lowest BCUT2D eigenvalue weighted by Crippen LogP contribution is -2.50. The van der Waals surface area contributed by atoms with E-state index < -0.39 is 24.5 Å². The van der Waals surface area contributed by atoms with E-state index in [4.69, 9.17) is 5.73 Å². The molecular weight excluding hydrogens is 335 g/mol. The Morgan fingerprint density at radius 1 is 1.20 bits per heavy atom. The quantitative estimate of drug-likeness (QED) is 0.813. The van der Waals surface area contributed by atoms with E-state index in [9.17, 15) is 22.8 Å². The van der Waals surface area contributed by atoms with Gasteiger partial charge in [0.15, 0.2) is 0 Å². The molecule has 2 aliphatic rings. The fraction of sp³-hybridized carbons (Fsp3) is 0.882. The largest absolute Gasteiger partial charge is 0.406 e. The number of halogens is 3. The summed E-state index contributed by atoms with van der Waals surface area (Å²) in [5, 5.41) is 0. The Morgan fingerprint density at radius 3 is 2.52 bits per heavy atom. The number of alkyl halides is 3. The van der Waals surface area contributed by atoms with Crippen LogP contribution in [0.25, 0.3) is 0 Å². The molecule has 1 unspecified atom stereocenters. The Kier molecular flexibility index (Phi) is 6.71. The van der Waals surface area contributed by atoms with Gasteiger partial charge in [-0.1, -0.05) is 6.42 Å². The highest BCUT2D eigenvalue weighted by atomic mass is 19.4. The van der Waals surface area contributed by atoms with Crippen molar-refractivity contribution in [3.05, 3.63) is 0 Å². The van der Waals surface area contributed by atoms with E-state index in [0.717, 1.165) is 24.2 Å². The molecule has 2 N–H and O–H groups in total. The van der Waals surface area contributed by atoms with Crippen LogP contribution < -0.4 is 5.73 Å². The molecule has 2 rings (SSSR count). The van der Waals surface area contributed by atoms with Crippen molar-refractivity contribution >= 4 is 11.8 Å². The third-order valence-electron chi connectivity index (χ3n) is 5.42. The number of nitrogens with two attached hydrogens (primary N) is 1. The van der Waals surface area contributed by atoms with Crippen molar-refractivity contribution in [3.63, 3.8) is 0 Å². The zero-order valence-corrected chi connectivity index (χ0v) is 14.7. The van der Waals surface area contributed by atoms with Gasteiger partial charge in [0.05, 0.1) is 5.92 Å². The number of rotatable bonds is 5. The predicted molar refractivity (Wildman–Crippen MR) is 87.5 cm³/mol. The second-order valence-corrected chi connectivity index (χ2v) is 7.12. The summed E-state index contributed by atoms with van der Waals surface area (Å²) in [6.07, 6.45) is -0.505. The van der Waals surface area contributed by atoms with Crippen LogP contribution in [0.4, 0.5) is 13.2 Å². The number of carbonyl (C=O) groups is 2. The molecule has 1 aliphatic carbocycles. The fourth-order valence-corrected chi connectivity index (χ4v) is 4.08. The van der Waals surface area contributed by atoms with Crippen LogP contribution in [-0.2, 0) is 9.59 Å². The highest BCUT2D eigenvalue weighted by Gasteiger charge is 2.39. The summed E-state index contributed by atoms with van der Waals surface area (Å²) >= 11 is 0. The maximum atomic E-state index is 12.8. The first-order valence-electron chi connectivity index (χ1n) is 9.11. The van der Waals surface area contributed by atoms with E-state index >= 15 is 0 Å². The van der Waals surface area contributed by atoms with Gasteiger partial charge in [0.1, 0.15) is 6.54 Å². The van der Waals surface area contributed by atoms with Crippen molar-refractivity contribution in [2.75, 3.05) is 32.7 Å². The van der Waals surface area contributed by atoms with Gasteiger partial charge < -0.3 is 15.5 Å². The van der Waals surface area contributed by atoms with Crippen molar-refractivity contribution in [2.45, 2.75) is 45.2 Å². The minimum absolute atomic E-state index is 0.0145. The van der Waals surface area contributed by atoms with Gasteiger partial charge in [-0.05, 0) is 45.1 Å². The summed E-state index contributed by atoms with van der Waals surface area (Å²) in [5.74, 6) is -0.946. The van der Waals surface area contributed by atoms with E-state index in [2.05, 4.69) is 0 Å². The molecule has 5 nitrogen and oxygen atoms in total. The van der Waals surface area contributed by atoms with Crippen LogP contribution in [0.3, 0.4) is 0 Å². The second kappa shape index (κ2) is 8.38. The van der Waals surface area contributed by atoms with Gasteiger partial charge in [0.2, 0.25) is 11.8 Å². The Labute approximate surface area is 146 Å². The predicted octanol–water partition coefficient (Wildman–Crippen LogP) is 2.01. The molecule has 1 aliphatic heterocycles. The average Bonchev–Trinajstić information content (AvgIpc) is 3.06. The van der Waals surface area contributed by atoms with E-state index in [1.165, 1.54) is 0 Å². The molecule has 25 heavy (non-hydrogen) atoms. The van der Waals surface area contributed by atoms with E-state index in [1.54, 1.807) is 11.8 Å². The summed E-state index contributed by atoms with van der Waals surface area (Å²) in [5.41, 5.74) is 5.75. The van der Waals surface area contributed by atoms with Gasteiger partial charge in [-0.15, -0.1) is 0 Å². The third kappa shape index (κ3) is 5.09. The number of hydrogen-bond donors (Lipinski definition) is 1. The van der Waals surface area contributed by atoms with Gasteiger partial charge >= 0.3 is 6.18 Å². The molecule has 2 amide bonds. The number of likely N-dealkylation sites (tertiary alicyclic amines) is 1. The smallest absolute Gasteiger partial charge is 0.342 e. The van der Waals surface area contributed by atoms with Crippen LogP contribution in [0, 0.1) is 17.8 Å². The van der Waals surface area contributed by atoms with Gasteiger partial charge in [0.25, 0.3) is 0 Å². The summed E-state index contributed by atoms with van der Waals surface area (Å²) in [6, 6.07) is 0. The Morgan fingerprint density at radius 2 is 1.92 bits per heavy atom. The highest BCUT2D eigenvalue weighted by molar-refractivity contribution is 5.82. The number of carbonyl (C=O) groups excluding carboxylic acids is 2. The highest BCUT2D eigenvalue weighted by Crippen LogP contribution is 2.33. The minimum atomic E-state index is -4.41. The maximum Gasteiger partial charge on any atom is 0.406 e. The molecule has 1 saturated heterocycles. The molecule has 0 aromatic heterocycles. The second-order valence-electron chi connectivity index (χ2n) is 7.12. The van der Waals surface area contributed by atoms with Crippen LogP contribution in [0.2, 0.25) is 0 Å². The molecule has 1 saturated carbocycles. The number of hydrogen-bond acceptors (Lipinski definition) is 3. The molecule has 0 aromatic carbocycles. The van der Waals surface area contributed by atoms with Crippen molar-refractivity contribution in [1.82, 2.24) is 9.80 Å². The van der Waals surface area contributed by atoms with Crippen LogP contribution >= 0.6 is 0 Å². The van der Waals surface area contributed by atoms with Crippen LogP contribution in [-0.4, -0.2) is 60.5 Å². The Bertz CT molecular complexity index is 484. The molecule has 0 spiro atoms. The molecule has 0 bridgehead atoms.